The summed E-state index contributed by atoms with van der Waals surface area (Å²) in [5, 5.41) is 0. The van der Waals surface area contributed by atoms with E-state index >= 15 is 0 Å². The van der Waals surface area contributed by atoms with Gasteiger partial charge in [-0.2, -0.15) is 0 Å². The minimum Gasteiger partial charge on any atom is -0.366 e. The Hall–Kier alpha value is -1.48. The Morgan fingerprint density at radius 2 is 2.27 bits per heavy atom. The second-order valence-electron chi connectivity index (χ2n) is 3.15. The number of hydrogen-bond acceptors (Lipinski definition) is 2. The number of carbonyl (C=O) groups is 1. The summed E-state index contributed by atoms with van der Waals surface area (Å²) in [4.78, 5) is 11.5. The van der Waals surface area contributed by atoms with E-state index < -0.39 is 5.82 Å². The Balaban J connectivity index is 2.62. The minimum atomic E-state index is -0.516. The summed E-state index contributed by atoms with van der Waals surface area (Å²) in [6, 6.07) is 5.86. The third-order valence-corrected chi connectivity index (χ3v) is 1.98. The molecule has 0 radical (unpaired) electrons. The molecule has 0 amide bonds. The van der Waals surface area contributed by atoms with Gasteiger partial charge in [-0.25, -0.2) is 4.39 Å². The monoisotopic (exact) mass is 208 g/mol. The third kappa shape index (κ3) is 3.29. The van der Waals surface area contributed by atoms with Crippen molar-refractivity contribution in [1.29, 1.82) is 0 Å². The van der Waals surface area contributed by atoms with Crippen molar-refractivity contribution in [2.45, 2.75) is 13.0 Å². The molecule has 0 aromatic heterocycles. The molecule has 0 bridgehead atoms. The summed E-state index contributed by atoms with van der Waals surface area (Å²) in [5.74, 6) is -0.876. The van der Waals surface area contributed by atoms with E-state index in [0.717, 1.165) is 0 Å². The van der Waals surface area contributed by atoms with Gasteiger partial charge in [0.2, 0.25) is 0 Å². The Morgan fingerprint density at radius 3 is 2.87 bits per heavy atom. The maximum Gasteiger partial charge on any atom is 0.191 e. The number of ketones is 1. The van der Waals surface area contributed by atoms with Gasteiger partial charge in [0.25, 0.3) is 0 Å². The molecule has 0 unspecified atom stereocenters. The summed E-state index contributed by atoms with van der Waals surface area (Å²) < 4.78 is 18.3. The van der Waals surface area contributed by atoms with Gasteiger partial charge in [0.1, 0.15) is 12.4 Å². The van der Waals surface area contributed by atoms with Crippen molar-refractivity contribution in [2.75, 3.05) is 6.61 Å². The number of rotatable bonds is 5. The fourth-order valence-electron chi connectivity index (χ4n) is 1.04. The average Bonchev–Trinajstić information content (AvgIpc) is 2.26. The van der Waals surface area contributed by atoms with Crippen LogP contribution in [0.4, 0.5) is 4.39 Å². The third-order valence-electron chi connectivity index (χ3n) is 1.98. The molecule has 0 aliphatic rings. The van der Waals surface area contributed by atoms with Crippen LogP contribution in [-0.2, 0) is 4.74 Å². The molecule has 80 valence electrons. The van der Waals surface area contributed by atoms with Gasteiger partial charge < -0.3 is 4.74 Å². The molecule has 0 saturated carbocycles. The van der Waals surface area contributed by atoms with Gasteiger partial charge >= 0.3 is 0 Å². The lowest BCUT2D eigenvalue weighted by Gasteiger charge is -2.07. The van der Waals surface area contributed by atoms with Gasteiger partial charge in [-0.1, -0.05) is 18.2 Å². The average molecular weight is 208 g/mol. The van der Waals surface area contributed by atoms with Crippen molar-refractivity contribution in [3.05, 3.63) is 48.3 Å². The molecular formula is C12H13FO2. The molecule has 0 aliphatic heterocycles. The highest BCUT2D eigenvalue weighted by Crippen LogP contribution is 2.07. The van der Waals surface area contributed by atoms with E-state index in [4.69, 9.17) is 4.74 Å². The van der Waals surface area contributed by atoms with E-state index in [1.807, 2.05) is 0 Å². The fourth-order valence-corrected chi connectivity index (χ4v) is 1.04. The SMILES string of the molecule is C=C[C@@H](C)OCC(=O)c1ccccc1F. The van der Waals surface area contributed by atoms with Crippen LogP contribution in [0.15, 0.2) is 36.9 Å². The minimum absolute atomic E-state index is 0.0637. The molecule has 15 heavy (non-hydrogen) atoms. The number of Topliss-reactive ketones (excluding diaryl/α,β-unsaturated/α-hetero) is 1. The first-order chi connectivity index (χ1) is 7.15. The van der Waals surface area contributed by atoms with Crippen LogP contribution in [0.25, 0.3) is 0 Å². The molecule has 1 atom stereocenters. The lowest BCUT2D eigenvalue weighted by molar-refractivity contribution is 0.0655. The smallest absolute Gasteiger partial charge is 0.191 e. The van der Waals surface area contributed by atoms with E-state index in [9.17, 15) is 9.18 Å². The predicted molar refractivity (Wildman–Crippen MR) is 56.3 cm³/mol. The number of halogens is 1. The van der Waals surface area contributed by atoms with Crippen LogP contribution in [0, 0.1) is 5.82 Å². The first-order valence-corrected chi connectivity index (χ1v) is 4.67. The second kappa shape index (κ2) is 5.41. The van der Waals surface area contributed by atoms with Crippen molar-refractivity contribution in [3.63, 3.8) is 0 Å². The molecule has 0 spiro atoms. The predicted octanol–water partition coefficient (Wildman–Crippen LogP) is 2.60. The number of benzene rings is 1. The molecule has 0 fully saturated rings. The lowest BCUT2D eigenvalue weighted by Crippen LogP contribution is -2.15. The van der Waals surface area contributed by atoms with E-state index in [1.54, 1.807) is 25.1 Å². The van der Waals surface area contributed by atoms with Crippen molar-refractivity contribution in [2.24, 2.45) is 0 Å². The van der Waals surface area contributed by atoms with Gasteiger partial charge in [0.15, 0.2) is 5.78 Å². The summed E-state index contributed by atoms with van der Waals surface area (Å²) in [7, 11) is 0. The maximum atomic E-state index is 13.1. The van der Waals surface area contributed by atoms with Crippen LogP contribution in [0.1, 0.15) is 17.3 Å². The fraction of sp³-hybridized carbons (Fsp3) is 0.250. The van der Waals surface area contributed by atoms with E-state index in [2.05, 4.69) is 6.58 Å². The quantitative estimate of drug-likeness (QED) is 0.549. The topological polar surface area (TPSA) is 26.3 Å². The Kier molecular flexibility index (Phi) is 4.18. The van der Waals surface area contributed by atoms with Crippen LogP contribution in [0.2, 0.25) is 0 Å². The number of carbonyl (C=O) groups excluding carboxylic acids is 1. The largest absolute Gasteiger partial charge is 0.366 e. The molecule has 1 rings (SSSR count). The summed E-state index contributed by atoms with van der Waals surface area (Å²) in [5.41, 5.74) is 0.0637. The van der Waals surface area contributed by atoms with Gasteiger partial charge in [0, 0.05) is 0 Å². The van der Waals surface area contributed by atoms with E-state index in [-0.39, 0.29) is 24.1 Å². The molecular weight excluding hydrogens is 195 g/mol. The van der Waals surface area contributed by atoms with Crippen LogP contribution < -0.4 is 0 Å². The van der Waals surface area contributed by atoms with Crippen molar-refractivity contribution in [3.8, 4) is 0 Å². The van der Waals surface area contributed by atoms with E-state index in [0.29, 0.717) is 0 Å². The zero-order valence-corrected chi connectivity index (χ0v) is 8.57. The van der Waals surface area contributed by atoms with Crippen LogP contribution in [-0.4, -0.2) is 18.5 Å². The second-order valence-corrected chi connectivity index (χ2v) is 3.15. The summed E-state index contributed by atoms with van der Waals surface area (Å²) in [6.07, 6.45) is 1.37. The molecule has 1 aromatic rings. The molecule has 2 nitrogen and oxygen atoms in total. The van der Waals surface area contributed by atoms with Gasteiger partial charge in [-0.05, 0) is 19.1 Å². The molecule has 0 aliphatic carbocycles. The zero-order chi connectivity index (χ0) is 11.3. The Labute approximate surface area is 88.4 Å². The summed E-state index contributed by atoms with van der Waals surface area (Å²) >= 11 is 0. The van der Waals surface area contributed by atoms with Gasteiger partial charge in [-0.15, -0.1) is 6.58 Å². The van der Waals surface area contributed by atoms with Crippen molar-refractivity contribution < 1.29 is 13.9 Å². The van der Waals surface area contributed by atoms with Crippen molar-refractivity contribution in [1.82, 2.24) is 0 Å². The van der Waals surface area contributed by atoms with Gasteiger partial charge in [0.05, 0.1) is 11.7 Å². The molecule has 3 heteroatoms. The van der Waals surface area contributed by atoms with Gasteiger partial charge in [-0.3, -0.25) is 4.79 Å². The molecule has 0 heterocycles. The highest BCUT2D eigenvalue weighted by atomic mass is 19.1. The van der Waals surface area contributed by atoms with Crippen LogP contribution in [0.5, 0.6) is 0 Å². The number of ether oxygens (including phenoxy) is 1. The van der Waals surface area contributed by atoms with Crippen molar-refractivity contribution >= 4 is 5.78 Å². The lowest BCUT2D eigenvalue weighted by atomic mass is 10.1. The van der Waals surface area contributed by atoms with Crippen LogP contribution >= 0.6 is 0 Å². The highest BCUT2D eigenvalue weighted by molar-refractivity contribution is 5.97. The van der Waals surface area contributed by atoms with Crippen LogP contribution in [0.3, 0.4) is 0 Å². The normalized spacial score (nSPS) is 12.1. The maximum absolute atomic E-state index is 13.1. The Morgan fingerprint density at radius 1 is 1.60 bits per heavy atom. The molecule has 1 aromatic carbocycles. The summed E-state index contributed by atoms with van der Waals surface area (Å²) in [6.45, 7) is 5.15. The molecule has 0 saturated heterocycles. The first kappa shape index (κ1) is 11.6. The standard InChI is InChI=1S/C12H13FO2/c1-3-9(2)15-8-12(14)10-6-4-5-7-11(10)13/h3-7,9H,1,8H2,2H3/t9-/m1/s1. The highest BCUT2D eigenvalue weighted by Gasteiger charge is 2.11. The first-order valence-electron chi connectivity index (χ1n) is 4.67. The zero-order valence-electron chi connectivity index (χ0n) is 8.57. The number of hydrogen-bond donors (Lipinski definition) is 0. The van der Waals surface area contributed by atoms with E-state index in [1.165, 1.54) is 12.1 Å². The Bertz CT molecular complexity index is 360. The molecule has 0 N–H and O–H groups in total.